The zero-order valence-corrected chi connectivity index (χ0v) is 15.8. The molecule has 1 N–H and O–H groups in total. The molecule has 0 saturated carbocycles. The average Bonchev–Trinajstić information content (AvgIpc) is 3.21. The Bertz CT molecular complexity index is 1200. The van der Waals surface area contributed by atoms with Crippen LogP contribution >= 0.6 is 0 Å². The predicted octanol–water partition coefficient (Wildman–Crippen LogP) is 3.02. The number of benzene rings is 2. The van der Waals surface area contributed by atoms with Crippen LogP contribution in [0.3, 0.4) is 0 Å². The van der Waals surface area contributed by atoms with Gasteiger partial charge in [-0.25, -0.2) is 9.97 Å². The van der Waals surface area contributed by atoms with Gasteiger partial charge in [0.2, 0.25) is 0 Å². The number of aromatic nitrogens is 3. The van der Waals surface area contributed by atoms with Gasteiger partial charge in [-0.3, -0.25) is 19.5 Å². The van der Waals surface area contributed by atoms with Crippen molar-refractivity contribution in [1.82, 2.24) is 19.9 Å². The van der Waals surface area contributed by atoms with Crippen molar-refractivity contribution in [3.05, 3.63) is 88.9 Å². The Morgan fingerprint density at radius 3 is 2.77 bits per heavy atom. The fourth-order valence-corrected chi connectivity index (χ4v) is 2.89. The van der Waals surface area contributed by atoms with E-state index in [0.29, 0.717) is 0 Å². The molecule has 4 aromatic rings. The molecule has 2 aromatic carbocycles. The van der Waals surface area contributed by atoms with Crippen molar-refractivity contribution >= 4 is 22.6 Å². The Labute approximate surface area is 171 Å². The number of imidazole rings is 1. The number of nitro groups is 1. The standard InChI is InChI=1S/C21H17N5O4/c27-21(13-30-17-5-3-4-16(10-17)26(28)29)23-12-15-8-9-20(22-11-15)25-14-24-18-6-1-2-7-19(18)25/h1-11,14H,12-13H2,(H,23,27). The highest BCUT2D eigenvalue weighted by molar-refractivity contribution is 5.77. The number of amides is 1. The molecule has 2 heterocycles. The number of nitrogens with one attached hydrogen (secondary N) is 1. The Morgan fingerprint density at radius 1 is 1.10 bits per heavy atom. The lowest BCUT2D eigenvalue weighted by Gasteiger charge is -2.08. The molecule has 1 amide bonds. The number of hydrogen-bond donors (Lipinski definition) is 1. The maximum atomic E-state index is 12.0. The summed E-state index contributed by atoms with van der Waals surface area (Å²) in [4.78, 5) is 31.1. The first kappa shape index (κ1) is 19.1. The zero-order chi connectivity index (χ0) is 20.9. The maximum Gasteiger partial charge on any atom is 0.273 e. The van der Waals surface area contributed by atoms with Gasteiger partial charge in [0.1, 0.15) is 17.9 Å². The molecule has 0 fully saturated rings. The van der Waals surface area contributed by atoms with E-state index in [1.807, 2.05) is 41.0 Å². The summed E-state index contributed by atoms with van der Waals surface area (Å²) in [5.74, 6) is 0.650. The highest BCUT2D eigenvalue weighted by atomic mass is 16.6. The van der Waals surface area contributed by atoms with Crippen molar-refractivity contribution in [1.29, 1.82) is 0 Å². The number of carbonyl (C=O) groups excluding carboxylic acids is 1. The third-order valence-corrected chi connectivity index (χ3v) is 4.40. The first-order valence-corrected chi connectivity index (χ1v) is 9.11. The van der Waals surface area contributed by atoms with Gasteiger partial charge >= 0.3 is 0 Å². The van der Waals surface area contributed by atoms with E-state index in [4.69, 9.17) is 4.74 Å². The molecule has 0 spiro atoms. The van der Waals surface area contributed by atoms with E-state index in [1.165, 1.54) is 18.2 Å². The molecule has 9 nitrogen and oxygen atoms in total. The number of hydrogen-bond acceptors (Lipinski definition) is 6. The van der Waals surface area contributed by atoms with E-state index >= 15 is 0 Å². The van der Waals surface area contributed by atoms with Gasteiger partial charge in [0.25, 0.3) is 11.6 Å². The number of carbonyl (C=O) groups is 1. The Hall–Kier alpha value is -4.27. The SMILES string of the molecule is O=C(COc1cccc([N+](=O)[O-])c1)NCc1ccc(-n2cnc3ccccc32)nc1. The maximum absolute atomic E-state index is 12.0. The summed E-state index contributed by atoms with van der Waals surface area (Å²) < 4.78 is 7.21. The highest BCUT2D eigenvalue weighted by Gasteiger charge is 2.09. The fourth-order valence-electron chi connectivity index (χ4n) is 2.89. The minimum absolute atomic E-state index is 0.0928. The van der Waals surface area contributed by atoms with Crippen LogP contribution in [0.4, 0.5) is 5.69 Å². The molecule has 0 aliphatic heterocycles. The molecule has 0 unspecified atom stereocenters. The first-order valence-electron chi connectivity index (χ1n) is 9.11. The second kappa shape index (κ2) is 8.39. The molecule has 9 heteroatoms. The van der Waals surface area contributed by atoms with E-state index in [-0.39, 0.29) is 30.5 Å². The van der Waals surface area contributed by atoms with Crippen LogP contribution in [0.1, 0.15) is 5.56 Å². The lowest BCUT2D eigenvalue weighted by molar-refractivity contribution is -0.384. The zero-order valence-electron chi connectivity index (χ0n) is 15.8. The van der Waals surface area contributed by atoms with Crippen LogP contribution in [0.5, 0.6) is 5.75 Å². The molecule has 2 aromatic heterocycles. The topological polar surface area (TPSA) is 112 Å². The van der Waals surface area contributed by atoms with Crippen molar-refractivity contribution in [2.75, 3.05) is 6.61 Å². The van der Waals surface area contributed by atoms with E-state index in [1.54, 1.807) is 18.6 Å². The highest BCUT2D eigenvalue weighted by Crippen LogP contribution is 2.19. The van der Waals surface area contributed by atoms with Gasteiger partial charge < -0.3 is 10.1 Å². The summed E-state index contributed by atoms with van der Waals surface area (Å²) in [6.07, 6.45) is 3.41. The normalized spacial score (nSPS) is 10.7. The summed E-state index contributed by atoms with van der Waals surface area (Å²) in [5, 5.41) is 13.5. The van der Waals surface area contributed by atoms with Gasteiger partial charge in [0.05, 0.1) is 22.0 Å². The number of fused-ring (bicyclic) bond motifs is 1. The number of pyridine rings is 1. The second-order valence-electron chi connectivity index (χ2n) is 6.45. The molecule has 0 aliphatic rings. The quantitative estimate of drug-likeness (QED) is 0.375. The van der Waals surface area contributed by atoms with Crippen LogP contribution in [0, 0.1) is 10.1 Å². The smallest absolute Gasteiger partial charge is 0.273 e. The van der Waals surface area contributed by atoms with Crippen LogP contribution in [0.2, 0.25) is 0 Å². The van der Waals surface area contributed by atoms with Gasteiger partial charge in [-0.1, -0.05) is 24.3 Å². The van der Waals surface area contributed by atoms with E-state index in [0.717, 1.165) is 22.4 Å². The van der Waals surface area contributed by atoms with Gasteiger partial charge in [-0.05, 0) is 29.8 Å². The minimum atomic E-state index is -0.518. The molecule has 4 rings (SSSR count). The van der Waals surface area contributed by atoms with Gasteiger partial charge in [0, 0.05) is 18.8 Å². The number of ether oxygens (including phenoxy) is 1. The molecular weight excluding hydrogens is 386 g/mol. The molecule has 30 heavy (non-hydrogen) atoms. The van der Waals surface area contributed by atoms with Crippen LogP contribution in [-0.2, 0) is 11.3 Å². The molecule has 0 saturated heterocycles. The Morgan fingerprint density at radius 2 is 1.97 bits per heavy atom. The predicted molar refractivity (Wildman–Crippen MR) is 109 cm³/mol. The number of rotatable bonds is 7. The number of non-ortho nitro benzene ring substituents is 1. The van der Waals surface area contributed by atoms with Crippen molar-refractivity contribution < 1.29 is 14.5 Å². The van der Waals surface area contributed by atoms with Gasteiger partial charge in [-0.2, -0.15) is 0 Å². The summed E-state index contributed by atoms with van der Waals surface area (Å²) in [5.41, 5.74) is 2.58. The number of para-hydroxylation sites is 2. The van der Waals surface area contributed by atoms with E-state index < -0.39 is 4.92 Å². The van der Waals surface area contributed by atoms with Crippen molar-refractivity contribution in [2.45, 2.75) is 6.54 Å². The summed E-state index contributed by atoms with van der Waals surface area (Å²) in [6, 6.07) is 17.2. The van der Waals surface area contributed by atoms with Crippen LogP contribution in [0.25, 0.3) is 16.9 Å². The van der Waals surface area contributed by atoms with Crippen molar-refractivity contribution in [3.8, 4) is 11.6 Å². The number of nitrogens with zero attached hydrogens (tertiary/aromatic N) is 4. The summed E-state index contributed by atoms with van der Waals surface area (Å²) in [7, 11) is 0. The van der Waals surface area contributed by atoms with Crippen LogP contribution in [-0.4, -0.2) is 32.0 Å². The third kappa shape index (κ3) is 4.25. The van der Waals surface area contributed by atoms with Crippen LogP contribution < -0.4 is 10.1 Å². The molecule has 0 radical (unpaired) electrons. The molecular formula is C21H17N5O4. The van der Waals surface area contributed by atoms with Crippen molar-refractivity contribution in [3.63, 3.8) is 0 Å². The molecule has 0 atom stereocenters. The number of nitro benzene ring substituents is 1. The molecule has 0 aliphatic carbocycles. The Balaban J connectivity index is 1.32. The second-order valence-corrected chi connectivity index (χ2v) is 6.45. The van der Waals surface area contributed by atoms with Crippen LogP contribution in [0.15, 0.2) is 73.2 Å². The summed E-state index contributed by atoms with van der Waals surface area (Å²) >= 11 is 0. The minimum Gasteiger partial charge on any atom is -0.484 e. The van der Waals surface area contributed by atoms with E-state index in [9.17, 15) is 14.9 Å². The first-order chi connectivity index (χ1) is 14.6. The van der Waals surface area contributed by atoms with E-state index in [2.05, 4.69) is 15.3 Å². The summed E-state index contributed by atoms with van der Waals surface area (Å²) in [6.45, 7) is 0.0444. The lowest BCUT2D eigenvalue weighted by atomic mass is 10.2. The third-order valence-electron chi connectivity index (χ3n) is 4.40. The largest absolute Gasteiger partial charge is 0.484 e. The Kier molecular flexibility index (Phi) is 5.33. The van der Waals surface area contributed by atoms with Gasteiger partial charge in [0.15, 0.2) is 6.61 Å². The molecule has 150 valence electrons. The average molecular weight is 403 g/mol. The fraction of sp³-hybridized carbons (Fsp3) is 0.0952. The molecule has 0 bridgehead atoms. The lowest BCUT2D eigenvalue weighted by Crippen LogP contribution is -2.28. The van der Waals surface area contributed by atoms with Gasteiger partial charge in [-0.15, -0.1) is 0 Å². The van der Waals surface area contributed by atoms with Crippen molar-refractivity contribution in [2.24, 2.45) is 0 Å². The monoisotopic (exact) mass is 403 g/mol.